The van der Waals surface area contributed by atoms with Crippen molar-refractivity contribution >= 4 is 11.3 Å². The number of hydrogen-bond donors (Lipinski definition) is 2. The molecule has 0 bridgehead atoms. The molecule has 1 aliphatic carbocycles. The Hall–Kier alpha value is -0.450. The van der Waals surface area contributed by atoms with Crippen LogP contribution >= 0.6 is 11.3 Å². The van der Waals surface area contributed by atoms with Gasteiger partial charge < -0.3 is 11.1 Å². The van der Waals surface area contributed by atoms with Gasteiger partial charge in [-0.05, 0) is 37.8 Å². The van der Waals surface area contributed by atoms with E-state index in [1.54, 1.807) is 11.3 Å². The molecule has 2 unspecified atom stereocenters. The minimum absolute atomic E-state index is 0.733. The van der Waals surface area contributed by atoms with Gasteiger partial charge in [-0.1, -0.05) is 12.8 Å². The van der Waals surface area contributed by atoms with Gasteiger partial charge in [-0.2, -0.15) is 0 Å². The van der Waals surface area contributed by atoms with Gasteiger partial charge in [-0.15, -0.1) is 11.3 Å². The molecular weight excluding hydrogens is 218 g/mol. The van der Waals surface area contributed by atoms with Crippen LogP contribution in [-0.4, -0.2) is 18.1 Å². The summed E-state index contributed by atoms with van der Waals surface area (Å²) in [5.74, 6) is 1.51. The molecule has 1 aliphatic rings. The lowest BCUT2D eigenvalue weighted by atomic mass is 9.79. The summed E-state index contributed by atoms with van der Waals surface area (Å²) in [5.41, 5.74) is 8.87. The molecule has 0 radical (unpaired) electrons. The lowest BCUT2D eigenvalue weighted by Gasteiger charge is -2.30. The lowest BCUT2D eigenvalue weighted by Crippen LogP contribution is -2.34. The lowest BCUT2D eigenvalue weighted by molar-refractivity contribution is 0.235. The smallest absolute Gasteiger partial charge is 0.0795 e. The fourth-order valence-electron chi connectivity index (χ4n) is 2.57. The predicted molar refractivity (Wildman–Crippen MR) is 68.3 cm³/mol. The summed E-state index contributed by atoms with van der Waals surface area (Å²) in [5, 5.41) is 5.62. The van der Waals surface area contributed by atoms with Crippen LogP contribution in [0.15, 0.2) is 10.9 Å². The van der Waals surface area contributed by atoms with Gasteiger partial charge in [-0.25, -0.2) is 4.98 Å². The molecule has 0 aliphatic heterocycles. The molecule has 0 amide bonds. The topological polar surface area (TPSA) is 50.9 Å². The zero-order valence-corrected chi connectivity index (χ0v) is 10.5. The van der Waals surface area contributed by atoms with Crippen LogP contribution in [0.2, 0.25) is 0 Å². The van der Waals surface area contributed by atoms with Crippen molar-refractivity contribution in [1.82, 2.24) is 10.3 Å². The second-order valence-electron chi connectivity index (χ2n) is 4.65. The average Bonchev–Trinajstić information content (AvgIpc) is 2.83. The van der Waals surface area contributed by atoms with E-state index in [1.165, 1.54) is 25.7 Å². The maximum atomic E-state index is 5.82. The Morgan fingerprint density at radius 3 is 2.88 bits per heavy atom. The molecule has 4 heteroatoms. The van der Waals surface area contributed by atoms with E-state index < -0.39 is 0 Å². The largest absolute Gasteiger partial charge is 0.330 e. The highest BCUT2D eigenvalue weighted by Crippen LogP contribution is 2.28. The molecule has 1 heterocycles. The van der Waals surface area contributed by atoms with Crippen LogP contribution in [0.5, 0.6) is 0 Å². The molecule has 90 valence electrons. The van der Waals surface area contributed by atoms with E-state index in [-0.39, 0.29) is 0 Å². The average molecular weight is 239 g/mol. The van der Waals surface area contributed by atoms with Gasteiger partial charge in [-0.3, -0.25) is 0 Å². The molecule has 0 spiro atoms. The van der Waals surface area contributed by atoms with E-state index in [9.17, 15) is 0 Å². The molecule has 3 nitrogen and oxygen atoms in total. The van der Waals surface area contributed by atoms with Crippen LogP contribution in [0.4, 0.5) is 0 Å². The van der Waals surface area contributed by atoms with Crippen LogP contribution < -0.4 is 11.1 Å². The summed E-state index contributed by atoms with van der Waals surface area (Å²) in [6, 6.07) is 0. The van der Waals surface area contributed by atoms with Gasteiger partial charge in [0, 0.05) is 11.9 Å². The van der Waals surface area contributed by atoms with Gasteiger partial charge in [0.2, 0.25) is 0 Å². The Balaban J connectivity index is 1.71. The van der Waals surface area contributed by atoms with Gasteiger partial charge in [0.25, 0.3) is 0 Å². The second-order valence-corrected chi connectivity index (χ2v) is 5.37. The third-order valence-corrected chi connectivity index (χ3v) is 4.20. The standard InChI is InChI=1S/C12H21N3S/c13-5-10-3-1-2-4-11(10)6-14-7-12-8-16-9-15-12/h8-11,14H,1-7,13H2. The zero-order chi connectivity index (χ0) is 11.2. The molecule has 0 aromatic carbocycles. The summed E-state index contributed by atoms with van der Waals surface area (Å²) in [6.45, 7) is 2.85. The van der Waals surface area contributed by atoms with Crippen molar-refractivity contribution in [2.24, 2.45) is 17.6 Å². The van der Waals surface area contributed by atoms with Gasteiger partial charge in [0.1, 0.15) is 0 Å². The van der Waals surface area contributed by atoms with E-state index in [1.807, 2.05) is 5.51 Å². The Morgan fingerprint density at radius 2 is 2.19 bits per heavy atom. The van der Waals surface area contributed by atoms with E-state index in [2.05, 4.69) is 15.7 Å². The minimum atomic E-state index is 0.733. The van der Waals surface area contributed by atoms with E-state index in [0.29, 0.717) is 0 Å². The number of nitrogens with one attached hydrogen (secondary N) is 1. The normalized spacial score (nSPS) is 25.8. The summed E-state index contributed by atoms with van der Waals surface area (Å²) in [6.07, 6.45) is 5.40. The molecule has 1 aromatic heterocycles. The minimum Gasteiger partial charge on any atom is -0.330 e. The Bertz CT molecular complexity index is 286. The molecule has 1 saturated carbocycles. The van der Waals surface area contributed by atoms with Crippen molar-refractivity contribution < 1.29 is 0 Å². The first-order chi connectivity index (χ1) is 7.90. The molecule has 3 N–H and O–H groups in total. The second kappa shape index (κ2) is 6.33. The van der Waals surface area contributed by atoms with Crippen molar-refractivity contribution in [1.29, 1.82) is 0 Å². The molecule has 1 aromatic rings. The molecule has 1 fully saturated rings. The van der Waals surface area contributed by atoms with Crippen molar-refractivity contribution in [3.05, 3.63) is 16.6 Å². The summed E-state index contributed by atoms with van der Waals surface area (Å²) in [4.78, 5) is 4.27. The highest BCUT2D eigenvalue weighted by molar-refractivity contribution is 7.07. The highest BCUT2D eigenvalue weighted by atomic mass is 32.1. The van der Waals surface area contributed by atoms with E-state index in [4.69, 9.17) is 5.73 Å². The Morgan fingerprint density at radius 1 is 1.38 bits per heavy atom. The number of nitrogens with two attached hydrogens (primary N) is 1. The summed E-state index contributed by atoms with van der Waals surface area (Å²) in [7, 11) is 0. The number of nitrogens with zero attached hydrogens (tertiary/aromatic N) is 1. The molecule has 2 atom stereocenters. The van der Waals surface area contributed by atoms with Gasteiger partial charge >= 0.3 is 0 Å². The van der Waals surface area contributed by atoms with Crippen molar-refractivity contribution in [2.45, 2.75) is 32.2 Å². The van der Waals surface area contributed by atoms with Crippen LogP contribution in [0, 0.1) is 11.8 Å². The molecule has 2 rings (SSSR count). The monoisotopic (exact) mass is 239 g/mol. The first-order valence-corrected chi connectivity index (χ1v) is 7.12. The number of thiazole rings is 1. The Kier molecular flexibility index (Phi) is 4.75. The third-order valence-electron chi connectivity index (χ3n) is 3.57. The molecule has 16 heavy (non-hydrogen) atoms. The molecule has 0 saturated heterocycles. The van der Waals surface area contributed by atoms with Crippen LogP contribution in [-0.2, 0) is 6.54 Å². The van der Waals surface area contributed by atoms with Crippen molar-refractivity contribution in [3.63, 3.8) is 0 Å². The fraction of sp³-hybridized carbons (Fsp3) is 0.750. The number of rotatable bonds is 5. The SMILES string of the molecule is NCC1CCCCC1CNCc1cscn1. The first-order valence-electron chi connectivity index (χ1n) is 6.18. The highest BCUT2D eigenvalue weighted by Gasteiger charge is 2.23. The van der Waals surface area contributed by atoms with E-state index in [0.717, 1.165) is 37.2 Å². The molecular formula is C12H21N3S. The van der Waals surface area contributed by atoms with Gasteiger partial charge in [0.05, 0.1) is 11.2 Å². The Labute approximate surface area is 101 Å². The van der Waals surface area contributed by atoms with E-state index >= 15 is 0 Å². The summed E-state index contributed by atoms with van der Waals surface area (Å²) >= 11 is 1.66. The fourth-order valence-corrected chi connectivity index (χ4v) is 3.13. The van der Waals surface area contributed by atoms with Crippen molar-refractivity contribution in [3.8, 4) is 0 Å². The first kappa shape index (κ1) is 12.0. The van der Waals surface area contributed by atoms with Crippen molar-refractivity contribution in [2.75, 3.05) is 13.1 Å². The maximum absolute atomic E-state index is 5.82. The quantitative estimate of drug-likeness (QED) is 0.826. The third kappa shape index (κ3) is 3.27. The van der Waals surface area contributed by atoms with Crippen LogP contribution in [0.25, 0.3) is 0 Å². The predicted octanol–water partition coefficient (Wildman–Crippen LogP) is 2.00. The zero-order valence-electron chi connectivity index (χ0n) is 9.69. The number of hydrogen-bond acceptors (Lipinski definition) is 4. The van der Waals surface area contributed by atoms with Crippen LogP contribution in [0.1, 0.15) is 31.4 Å². The van der Waals surface area contributed by atoms with Crippen LogP contribution in [0.3, 0.4) is 0 Å². The number of aromatic nitrogens is 1. The van der Waals surface area contributed by atoms with Gasteiger partial charge in [0.15, 0.2) is 0 Å². The summed E-state index contributed by atoms with van der Waals surface area (Å²) < 4.78 is 0. The maximum Gasteiger partial charge on any atom is 0.0795 e.